The Labute approximate surface area is 164 Å². The first-order chi connectivity index (χ1) is 13.1. The Bertz CT molecular complexity index is 990. The van der Waals surface area contributed by atoms with Crippen LogP contribution < -0.4 is 10.7 Å². The molecule has 0 radical (unpaired) electrons. The zero-order chi connectivity index (χ0) is 19.1. The third-order valence-electron chi connectivity index (χ3n) is 3.53. The Morgan fingerprint density at radius 1 is 0.963 bits per heavy atom. The predicted octanol–water partition coefficient (Wildman–Crippen LogP) is 3.86. The first kappa shape index (κ1) is 18.5. The van der Waals surface area contributed by atoms with Crippen LogP contribution in [0.2, 0.25) is 0 Å². The van der Waals surface area contributed by atoms with Gasteiger partial charge in [0.15, 0.2) is 0 Å². The van der Waals surface area contributed by atoms with Crippen LogP contribution in [-0.2, 0) is 0 Å². The smallest absolute Gasteiger partial charge is 0.271 e. The van der Waals surface area contributed by atoms with Crippen molar-refractivity contribution in [1.29, 1.82) is 0 Å². The molecule has 0 bridgehead atoms. The molecule has 134 valence electrons. The van der Waals surface area contributed by atoms with E-state index in [2.05, 4.69) is 36.8 Å². The minimum atomic E-state index is -0.381. The summed E-state index contributed by atoms with van der Waals surface area (Å²) >= 11 is 3.34. The topological polar surface area (TPSA) is 83.4 Å². The van der Waals surface area contributed by atoms with Crippen molar-refractivity contribution in [2.45, 2.75) is 0 Å². The lowest BCUT2D eigenvalue weighted by atomic mass is 10.1. The Morgan fingerprint density at radius 3 is 2.48 bits per heavy atom. The number of carbonyl (C=O) groups is 2. The summed E-state index contributed by atoms with van der Waals surface area (Å²) in [5.41, 5.74) is 4.63. The lowest BCUT2D eigenvalue weighted by Gasteiger charge is -2.07. The summed E-state index contributed by atoms with van der Waals surface area (Å²) in [7, 11) is 0. The lowest BCUT2D eigenvalue weighted by Crippen LogP contribution is -2.18. The van der Waals surface area contributed by atoms with E-state index < -0.39 is 0 Å². The number of carbonyl (C=O) groups excluding carboxylic acids is 2. The molecule has 0 aliphatic carbocycles. The molecule has 0 spiro atoms. The molecule has 2 amide bonds. The number of amides is 2. The SMILES string of the molecule is O=C(N/N=C/c1cccnc1)c1cccc(NC(=O)c2cccc(Br)c2)c1. The van der Waals surface area contributed by atoms with Crippen molar-refractivity contribution >= 4 is 39.6 Å². The van der Waals surface area contributed by atoms with Gasteiger partial charge in [-0.05, 0) is 42.5 Å². The molecule has 2 aromatic carbocycles. The molecule has 2 N–H and O–H groups in total. The highest BCUT2D eigenvalue weighted by Crippen LogP contribution is 2.15. The van der Waals surface area contributed by atoms with E-state index in [4.69, 9.17) is 0 Å². The maximum atomic E-state index is 12.3. The van der Waals surface area contributed by atoms with Crippen LogP contribution in [0.1, 0.15) is 26.3 Å². The van der Waals surface area contributed by atoms with Crippen molar-refractivity contribution in [3.05, 3.63) is 94.2 Å². The van der Waals surface area contributed by atoms with Crippen LogP contribution >= 0.6 is 15.9 Å². The molecule has 0 saturated heterocycles. The van der Waals surface area contributed by atoms with Crippen molar-refractivity contribution in [3.63, 3.8) is 0 Å². The summed E-state index contributed by atoms with van der Waals surface area (Å²) in [5.74, 6) is -0.642. The molecule has 1 heterocycles. The van der Waals surface area contributed by atoms with Gasteiger partial charge in [0, 0.05) is 39.2 Å². The lowest BCUT2D eigenvalue weighted by molar-refractivity contribution is 0.0953. The molecular weight excluding hydrogens is 408 g/mol. The van der Waals surface area contributed by atoms with Gasteiger partial charge < -0.3 is 5.32 Å². The van der Waals surface area contributed by atoms with Crippen molar-refractivity contribution < 1.29 is 9.59 Å². The van der Waals surface area contributed by atoms with Crippen LogP contribution in [0.5, 0.6) is 0 Å². The summed E-state index contributed by atoms with van der Waals surface area (Å²) in [5, 5.41) is 6.68. The quantitative estimate of drug-likeness (QED) is 0.483. The average Bonchev–Trinajstić information content (AvgIpc) is 2.69. The largest absolute Gasteiger partial charge is 0.322 e. The molecular formula is C20H15BrN4O2. The Balaban J connectivity index is 1.65. The van der Waals surface area contributed by atoms with Gasteiger partial charge in [-0.2, -0.15) is 5.10 Å². The van der Waals surface area contributed by atoms with Gasteiger partial charge in [-0.25, -0.2) is 5.43 Å². The molecule has 0 saturated carbocycles. The molecule has 3 rings (SSSR count). The fraction of sp³-hybridized carbons (Fsp3) is 0. The maximum absolute atomic E-state index is 12.3. The van der Waals surface area contributed by atoms with Crippen LogP contribution in [0.4, 0.5) is 5.69 Å². The van der Waals surface area contributed by atoms with E-state index in [1.54, 1.807) is 60.9 Å². The standard InChI is InChI=1S/C20H15BrN4O2/c21-17-7-1-5-15(10-17)19(26)24-18-8-2-6-16(11-18)20(27)25-23-13-14-4-3-9-22-12-14/h1-13H,(H,24,26)(H,25,27)/b23-13+. The number of halogens is 1. The van der Waals surface area contributed by atoms with E-state index in [9.17, 15) is 9.59 Å². The van der Waals surface area contributed by atoms with Crippen LogP contribution in [0.15, 0.2) is 82.6 Å². The number of hydrogen-bond donors (Lipinski definition) is 2. The third kappa shape index (κ3) is 5.32. The number of nitrogens with zero attached hydrogens (tertiary/aromatic N) is 2. The zero-order valence-corrected chi connectivity index (χ0v) is 15.7. The number of benzene rings is 2. The number of hydrogen-bond acceptors (Lipinski definition) is 4. The summed E-state index contributed by atoms with van der Waals surface area (Å²) in [6.07, 6.45) is 4.79. The maximum Gasteiger partial charge on any atom is 0.271 e. The van der Waals surface area contributed by atoms with E-state index in [1.165, 1.54) is 6.21 Å². The second kappa shape index (κ2) is 8.86. The van der Waals surface area contributed by atoms with Crippen molar-refractivity contribution in [1.82, 2.24) is 10.4 Å². The van der Waals surface area contributed by atoms with E-state index in [0.29, 0.717) is 16.8 Å². The number of nitrogens with one attached hydrogen (secondary N) is 2. The molecule has 6 nitrogen and oxygen atoms in total. The van der Waals surface area contributed by atoms with Gasteiger partial charge in [0.1, 0.15) is 0 Å². The van der Waals surface area contributed by atoms with Gasteiger partial charge in [0.25, 0.3) is 11.8 Å². The van der Waals surface area contributed by atoms with Crippen molar-refractivity contribution in [2.24, 2.45) is 5.10 Å². The van der Waals surface area contributed by atoms with Gasteiger partial charge in [-0.3, -0.25) is 14.6 Å². The van der Waals surface area contributed by atoms with Gasteiger partial charge in [0.05, 0.1) is 6.21 Å². The molecule has 3 aromatic rings. The molecule has 0 aliphatic heterocycles. The number of rotatable bonds is 5. The van der Waals surface area contributed by atoms with Crippen LogP contribution in [0.3, 0.4) is 0 Å². The molecule has 0 fully saturated rings. The first-order valence-corrected chi connectivity index (χ1v) is 8.81. The van der Waals surface area contributed by atoms with E-state index in [1.807, 2.05) is 12.1 Å². The molecule has 0 aliphatic rings. The second-order valence-electron chi connectivity index (χ2n) is 5.53. The normalized spacial score (nSPS) is 10.6. The van der Waals surface area contributed by atoms with Gasteiger partial charge in [-0.15, -0.1) is 0 Å². The van der Waals surface area contributed by atoms with E-state index >= 15 is 0 Å². The first-order valence-electron chi connectivity index (χ1n) is 8.02. The summed E-state index contributed by atoms with van der Waals surface area (Å²) in [4.78, 5) is 28.5. The van der Waals surface area contributed by atoms with E-state index in [-0.39, 0.29) is 11.8 Å². The van der Waals surface area contributed by atoms with Gasteiger partial charge >= 0.3 is 0 Å². The highest BCUT2D eigenvalue weighted by Gasteiger charge is 2.09. The van der Waals surface area contributed by atoms with E-state index in [0.717, 1.165) is 10.0 Å². The van der Waals surface area contributed by atoms with Gasteiger partial charge in [-0.1, -0.05) is 34.1 Å². The van der Waals surface area contributed by atoms with Gasteiger partial charge in [0.2, 0.25) is 0 Å². The highest BCUT2D eigenvalue weighted by atomic mass is 79.9. The average molecular weight is 423 g/mol. The number of anilines is 1. The molecule has 0 atom stereocenters. The molecule has 1 aromatic heterocycles. The third-order valence-corrected chi connectivity index (χ3v) is 4.03. The highest BCUT2D eigenvalue weighted by molar-refractivity contribution is 9.10. The fourth-order valence-electron chi connectivity index (χ4n) is 2.25. The summed E-state index contributed by atoms with van der Waals surface area (Å²) < 4.78 is 0.815. The number of aromatic nitrogens is 1. The second-order valence-corrected chi connectivity index (χ2v) is 6.45. The van der Waals surface area contributed by atoms with Crippen molar-refractivity contribution in [2.75, 3.05) is 5.32 Å². The van der Waals surface area contributed by atoms with Crippen LogP contribution in [0.25, 0.3) is 0 Å². The molecule has 27 heavy (non-hydrogen) atoms. The van der Waals surface area contributed by atoms with Crippen molar-refractivity contribution in [3.8, 4) is 0 Å². The minimum absolute atomic E-state index is 0.261. The monoisotopic (exact) mass is 422 g/mol. The minimum Gasteiger partial charge on any atom is -0.322 e. The Morgan fingerprint density at radius 2 is 1.74 bits per heavy atom. The molecule has 0 unspecified atom stereocenters. The van der Waals surface area contributed by atoms with Crippen LogP contribution in [0, 0.1) is 0 Å². The zero-order valence-electron chi connectivity index (χ0n) is 14.1. The Hall–Kier alpha value is -3.32. The number of pyridine rings is 1. The Kier molecular flexibility index (Phi) is 6.06. The number of hydrazone groups is 1. The summed E-state index contributed by atoms with van der Waals surface area (Å²) in [6.45, 7) is 0. The predicted molar refractivity (Wildman–Crippen MR) is 108 cm³/mol. The fourth-order valence-corrected chi connectivity index (χ4v) is 2.65. The van der Waals surface area contributed by atoms with Crippen LogP contribution in [-0.4, -0.2) is 23.0 Å². The summed E-state index contributed by atoms with van der Waals surface area (Å²) in [6, 6.07) is 17.3. The molecule has 7 heteroatoms.